The number of ether oxygens (including phenoxy) is 1. The highest BCUT2D eigenvalue weighted by molar-refractivity contribution is 7.19. The first-order valence-electron chi connectivity index (χ1n) is 8.76. The van der Waals surface area contributed by atoms with E-state index in [4.69, 9.17) is 10.5 Å². The second kappa shape index (κ2) is 7.15. The Labute approximate surface area is 161 Å². The zero-order valence-corrected chi connectivity index (χ0v) is 16.9. The number of methoxy groups -OCH3 is 1. The molecule has 142 valence electrons. The number of amides is 1. The van der Waals surface area contributed by atoms with Crippen molar-refractivity contribution >= 4 is 27.5 Å². The molecule has 0 radical (unpaired) electrons. The molecule has 27 heavy (non-hydrogen) atoms. The SMILES string of the molecule is CCC(C(N)=O)n1c(C)nc2sc(C)c(-c3cc(C)ccc3OC)c2c1=O. The molecule has 2 heterocycles. The van der Waals surface area contributed by atoms with Gasteiger partial charge in [0.2, 0.25) is 5.91 Å². The molecular weight excluding hydrogens is 362 g/mol. The smallest absolute Gasteiger partial charge is 0.263 e. The molecule has 3 aromatic rings. The van der Waals surface area contributed by atoms with Crippen LogP contribution in [0, 0.1) is 20.8 Å². The molecule has 6 nitrogen and oxygen atoms in total. The summed E-state index contributed by atoms with van der Waals surface area (Å²) in [5, 5.41) is 0.506. The molecule has 1 amide bonds. The fraction of sp³-hybridized carbons (Fsp3) is 0.350. The number of carbonyl (C=O) groups excluding carboxylic acids is 1. The van der Waals surface area contributed by atoms with Crippen molar-refractivity contribution in [3.8, 4) is 16.9 Å². The molecule has 0 aliphatic carbocycles. The lowest BCUT2D eigenvalue weighted by Gasteiger charge is -2.17. The number of fused-ring (bicyclic) bond motifs is 1. The van der Waals surface area contributed by atoms with Crippen LogP contribution in [0.2, 0.25) is 0 Å². The standard InChI is InChI=1S/C20H23N3O3S/c1-6-14(18(21)24)23-12(4)22-19-17(20(23)25)16(11(3)27-19)13-9-10(2)7-8-15(13)26-5/h7-9,14H,6H2,1-5H3,(H2,21,24). The minimum absolute atomic E-state index is 0.244. The number of nitrogens with zero attached hydrogens (tertiary/aromatic N) is 2. The predicted molar refractivity (Wildman–Crippen MR) is 109 cm³/mol. The van der Waals surface area contributed by atoms with E-state index in [2.05, 4.69) is 4.98 Å². The van der Waals surface area contributed by atoms with Gasteiger partial charge in [0.25, 0.3) is 5.56 Å². The average Bonchev–Trinajstić information content (AvgIpc) is 2.93. The van der Waals surface area contributed by atoms with E-state index in [0.717, 1.165) is 21.6 Å². The number of rotatable bonds is 5. The average molecular weight is 385 g/mol. The minimum Gasteiger partial charge on any atom is -0.496 e. The first kappa shape index (κ1) is 19.1. The van der Waals surface area contributed by atoms with Crippen LogP contribution in [0.1, 0.15) is 35.7 Å². The van der Waals surface area contributed by atoms with Gasteiger partial charge < -0.3 is 10.5 Å². The van der Waals surface area contributed by atoms with Crippen LogP contribution >= 0.6 is 11.3 Å². The van der Waals surface area contributed by atoms with Gasteiger partial charge in [-0.1, -0.05) is 18.6 Å². The Morgan fingerprint density at radius 2 is 2.04 bits per heavy atom. The Hall–Kier alpha value is -2.67. The number of primary amides is 1. The van der Waals surface area contributed by atoms with Gasteiger partial charge in [-0.2, -0.15) is 0 Å². The number of aromatic nitrogens is 2. The van der Waals surface area contributed by atoms with Crippen molar-refractivity contribution < 1.29 is 9.53 Å². The molecular formula is C20H23N3O3S. The maximum atomic E-state index is 13.4. The lowest BCUT2D eigenvalue weighted by molar-refractivity contribution is -0.121. The van der Waals surface area contributed by atoms with E-state index in [-0.39, 0.29) is 5.56 Å². The Balaban J connectivity index is 2.43. The molecule has 1 aromatic carbocycles. The van der Waals surface area contributed by atoms with Crippen molar-refractivity contribution in [1.29, 1.82) is 0 Å². The van der Waals surface area contributed by atoms with Crippen molar-refractivity contribution in [3.05, 3.63) is 44.8 Å². The zero-order chi connectivity index (χ0) is 19.9. The second-order valence-electron chi connectivity index (χ2n) is 6.58. The molecule has 0 saturated carbocycles. The summed E-state index contributed by atoms with van der Waals surface area (Å²) >= 11 is 1.47. The lowest BCUT2D eigenvalue weighted by Crippen LogP contribution is -2.35. The highest BCUT2D eigenvalue weighted by atomic mass is 32.1. The molecule has 3 rings (SSSR count). The number of hydrogen-bond donors (Lipinski definition) is 1. The van der Waals surface area contributed by atoms with E-state index >= 15 is 0 Å². The molecule has 7 heteroatoms. The van der Waals surface area contributed by atoms with Gasteiger partial charge >= 0.3 is 0 Å². The van der Waals surface area contributed by atoms with E-state index in [1.807, 2.05) is 39.0 Å². The van der Waals surface area contributed by atoms with Gasteiger partial charge in [0, 0.05) is 16.0 Å². The quantitative estimate of drug-likeness (QED) is 0.728. The van der Waals surface area contributed by atoms with Crippen LogP contribution in [0.3, 0.4) is 0 Å². The molecule has 1 unspecified atom stereocenters. The van der Waals surface area contributed by atoms with Crippen LogP contribution in [0.4, 0.5) is 0 Å². The van der Waals surface area contributed by atoms with E-state index in [1.165, 1.54) is 15.9 Å². The summed E-state index contributed by atoms with van der Waals surface area (Å²) in [6.07, 6.45) is 0.426. The van der Waals surface area contributed by atoms with Gasteiger partial charge in [-0.25, -0.2) is 4.98 Å². The fourth-order valence-electron chi connectivity index (χ4n) is 3.49. The largest absolute Gasteiger partial charge is 0.496 e. The molecule has 0 bridgehead atoms. The summed E-state index contributed by atoms with van der Waals surface area (Å²) < 4.78 is 6.95. The third kappa shape index (κ3) is 3.12. The fourth-order valence-corrected chi connectivity index (χ4v) is 4.57. The zero-order valence-electron chi connectivity index (χ0n) is 16.1. The normalized spacial score (nSPS) is 12.3. The van der Waals surface area contributed by atoms with Gasteiger partial charge in [0.15, 0.2) is 0 Å². The summed E-state index contributed by atoms with van der Waals surface area (Å²) in [6.45, 7) is 7.52. The second-order valence-corrected chi connectivity index (χ2v) is 7.78. The van der Waals surface area contributed by atoms with E-state index < -0.39 is 11.9 Å². The van der Waals surface area contributed by atoms with Crippen molar-refractivity contribution in [2.45, 2.75) is 40.2 Å². The van der Waals surface area contributed by atoms with Crippen LogP contribution < -0.4 is 16.0 Å². The van der Waals surface area contributed by atoms with Crippen LogP contribution in [0.5, 0.6) is 5.75 Å². The molecule has 0 saturated heterocycles. The van der Waals surface area contributed by atoms with Crippen molar-refractivity contribution in [1.82, 2.24) is 9.55 Å². The molecule has 0 aliphatic heterocycles. The lowest BCUT2D eigenvalue weighted by atomic mass is 10.0. The number of benzene rings is 1. The Morgan fingerprint density at radius 3 is 2.63 bits per heavy atom. The summed E-state index contributed by atoms with van der Waals surface area (Å²) in [5.41, 5.74) is 8.01. The Morgan fingerprint density at radius 1 is 1.33 bits per heavy atom. The van der Waals surface area contributed by atoms with Crippen LogP contribution in [0.25, 0.3) is 21.3 Å². The summed E-state index contributed by atoms with van der Waals surface area (Å²) in [7, 11) is 1.61. The molecule has 2 aromatic heterocycles. The van der Waals surface area contributed by atoms with Gasteiger partial charge in [-0.3, -0.25) is 14.2 Å². The molecule has 0 fully saturated rings. The van der Waals surface area contributed by atoms with Gasteiger partial charge in [-0.15, -0.1) is 11.3 Å². The highest BCUT2D eigenvalue weighted by Crippen LogP contribution is 2.40. The van der Waals surface area contributed by atoms with Gasteiger partial charge in [0.1, 0.15) is 22.4 Å². The Kier molecular flexibility index (Phi) is 5.06. The number of carbonyl (C=O) groups is 1. The Bertz CT molecular complexity index is 1100. The molecule has 1 atom stereocenters. The maximum Gasteiger partial charge on any atom is 0.263 e. The number of aryl methyl sites for hydroxylation is 3. The molecule has 0 aliphatic rings. The van der Waals surface area contributed by atoms with E-state index in [1.54, 1.807) is 14.0 Å². The summed E-state index contributed by atoms with van der Waals surface area (Å²) in [6, 6.07) is 5.14. The number of nitrogens with two attached hydrogens (primary N) is 1. The maximum absolute atomic E-state index is 13.4. The van der Waals surface area contributed by atoms with E-state index in [0.29, 0.717) is 28.2 Å². The van der Waals surface area contributed by atoms with Gasteiger partial charge in [0.05, 0.1) is 12.5 Å². The minimum atomic E-state index is -0.720. The van der Waals surface area contributed by atoms with Crippen LogP contribution in [-0.2, 0) is 4.79 Å². The summed E-state index contributed by atoms with van der Waals surface area (Å²) in [5.74, 6) is 0.643. The van der Waals surface area contributed by atoms with Crippen molar-refractivity contribution in [3.63, 3.8) is 0 Å². The van der Waals surface area contributed by atoms with Crippen LogP contribution in [0.15, 0.2) is 23.0 Å². The molecule has 2 N–H and O–H groups in total. The summed E-state index contributed by atoms with van der Waals surface area (Å²) in [4.78, 5) is 31.6. The molecule has 0 spiro atoms. The third-order valence-corrected chi connectivity index (χ3v) is 5.76. The van der Waals surface area contributed by atoms with Crippen LogP contribution in [-0.4, -0.2) is 22.6 Å². The van der Waals surface area contributed by atoms with Crippen molar-refractivity contribution in [2.24, 2.45) is 5.73 Å². The predicted octanol–water partition coefficient (Wildman–Crippen LogP) is 3.50. The first-order chi connectivity index (χ1) is 12.8. The topological polar surface area (TPSA) is 87.2 Å². The highest BCUT2D eigenvalue weighted by Gasteiger charge is 2.25. The van der Waals surface area contributed by atoms with Crippen molar-refractivity contribution in [2.75, 3.05) is 7.11 Å². The van der Waals surface area contributed by atoms with Gasteiger partial charge in [-0.05, 0) is 39.3 Å². The third-order valence-electron chi connectivity index (χ3n) is 4.76. The van der Waals surface area contributed by atoms with E-state index in [9.17, 15) is 9.59 Å². The monoisotopic (exact) mass is 385 g/mol. The number of thiophene rings is 1. The first-order valence-corrected chi connectivity index (χ1v) is 9.58. The number of hydrogen-bond acceptors (Lipinski definition) is 5.